The topological polar surface area (TPSA) is 63.7 Å². The van der Waals surface area contributed by atoms with E-state index in [1.807, 2.05) is 36.4 Å². The Hall–Kier alpha value is -2.71. The van der Waals surface area contributed by atoms with Crippen molar-refractivity contribution in [2.24, 2.45) is 0 Å². The molecule has 210 valence electrons. The second-order valence-corrected chi connectivity index (χ2v) is 18.1. The highest BCUT2D eigenvalue weighted by Crippen LogP contribution is 2.42. The summed E-state index contributed by atoms with van der Waals surface area (Å²) in [6.45, 7) is 6.60. The first-order valence-corrected chi connectivity index (χ1v) is 17.7. The zero-order valence-electron chi connectivity index (χ0n) is 23.2. The van der Waals surface area contributed by atoms with Crippen molar-refractivity contribution >= 4 is 46.0 Å². The molecule has 0 radical (unpaired) electrons. The number of carbonyl (C=O) groups excluding carboxylic acids is 1. The van der Waals surface area contributed by atoms with Gasteiger partial charge in [0.25, 0.3) is 8.32 Å². The third-order valence-electron chi connectivity index (χ3n) is 8.13. The van der Waals surface area contributed by atoms with Crippen molar-refractivity contribution in [3.8, 4) is 0 Å². The number of sulfone groups is 1. The van der Waals surface area contributed by atoms with E-state index < -0.39 is 30.3 Å². The highest BCUT2D eigenvalue weighted by atomic mass is 35.5. The summed E-state index contributed by atoms with van der Waals surface area (Å²) in [5.74, 6) is 0.206. The number of nitrogens with zero attached hydrogens (tertiary/aromatic N) is 1. The third-order valence-corrected chi connectivity index (χ3v) is 15.5. The molecule has 5 nitrogen and oxygen atoms in total. The lowest BCUT2D eigenvalue weighted by Crippen LogP contribution is -2.67. The van der Waals surface area contributed by atoms with Crippen LogP contribution in [0.2, 0.25) is 5.04 Å². The lowest BCUT2D eigenvalue weighted by atomic mass is 10.2. The number of benzene rings is 3. The summed E-state index contributed by atoms with van der Waals surface area (Å²) in [6.07, 6.45) is 2.62. The molecule has 0 saturated carbocycles. The second-order valence-electron chi connectivity index (χ2n) is 11.6. The van der Waals surface area contributed by atoms with Gasteiger partial charge in [-0.15, -0.1) is 11.6 Å². The van der Waals surface area contributed by atoms with E-state index in [0.717, 1.165) is 10.4 Å². The van der Waals surface area contributed by atoms with E-state index in [1.165, 1.54) is 0 Å². The van der Waals surface area contributed by atoms with Gasteiger partial charge >= 0.3 is 0 Å². The van der Waals surface area contributed by atoms with Crippen LogP contribution in [0.3, 0.4) is 0 Å². The van der Waals surface area contributed by atoms with E-state index in [-0.39, 0.29) is 32.7 Å². The van der Waals surface area contributed by atoms with Crippen LogP contribution in [0.15, 0.2) is 107 Å². The summed E-state index contributed by atoms with van der Waals surface area (Å²) in [4.78, 5) is 15.3. The van der Waals surface area contributed by atoms with E-state index in [2.05, 4.69) is 45.0 Å². The van der Waals surface area contributed by atoms with Crippen molar-refractivity contribution in [2.45, 2.75) is 68.2 Å². The fourth-order valence-electron chi connectivity index (χ4n) is 6.30. The molecule has 2 aliphatic rings. The smallest absolute Gasteiger partial charge is 0.261 e. The van der Waals surface area contributed by atoms with Crippen LogP contribution in [-0.2, 0) is 19.1 Å². The number of amides is 1. The molecule has 0 bridgehead atoms. The van der Waals surface area contributed by atoms with Crippen LogP contribution in [0.4, 0.5) is 0 Å². The molecule has 3 aromatic carbocycles. The number of hydrogen-bond donors (Lipinski definition) is 0. The summed E-state index contributed by atoms with van der Waals surface area (Å²) < 4.78 is 35.5. The normalized spacial score (nSPS) is 22.0. The second kappa shape index (κ2) is 11.3. The number of likely N-dealkylation sites (tertiary alicyclic amines) is 1. The van der Waals surface area contributed by atoms with Crippen molar-refractivity contribution in [1.82, 2.24) is 4.90 Å². The molecule has 40 heavy (non-hydrogen) atoms. The Morgan fingerprint density at radius 1 is 0.900 bits per heavy atom. The Labute approximate surface area is 243 Å². The van der Waals surface area contributed by atoms with E-state index >= 15 is 0 Å². The van der Waals surface area contributed by atoms with Crippen LogP contribution in [0.1, 0.15) is 40.0 Å². The molecular weight excluding hydrogens is 558 g/mol. The van der Waals surface area contributed by atoms with Crippen molar-refractivity contribution < 1.29 is 17.6 Å². The van der Waals surface area contributed by atoms with Gasteiger partial charge in [0.1, 0.15) is 0 Å². The molecule has 1 amide bonds. The zero-order valence-corrected chi connectivity index (χ0v) is 25.7. The Morgan fingerprint density at radius 2 is 1.43 bits per heavy atom. The van der Waals surface area contributed by atoms with E-state index in [1.54, 1.807) is 41.3 Å². The van der Waals surface area contributed by atoms with Gasteiger partial charge in [-0.3, -0.25) is 4.79 Å². The molecule has 1 fully saturated rings. The number of hydrogen-bond acceptors (Lipinski definition) is 4. The molecule has 0 spiro atoms. The van der Waals surface area contributed by atoms with Gasteiger partial charge in [0.2, 0.25) is 15.7 Å². The van der Waals surface area contributed by atoms with Crippen LogP contribution < -0.4 is 10.4 Å². The minimum atomic E-state index is -3.87. The monoisotopic (exact) mass is 593 g/mol. The van der Waals surface area contributed by atoms with Crippen molar-refractivity contribution in [3.05, 3.63) is 102 Å². The first-order chi connectivity index (χ1) is 19.1. The van der Waals surface area contributed by atoms with Gasteiger partial charge in [-0.25, -0.2) is 8.42 Å². The molecular formula is C32H36ClNO4SSi. The number of alkyl halides is 1. The SMILES string of the molecule is CC(C)(C)[Si](O[C@H]1C=C(S(=O)(=O)c2ccccc2)[C@@H](N2C(=O)CC[C@H]2CCl)C1)(c1ccccc1)c1ccccc1. The third kappa shape index (κ3) is 5.09. The average molecular weight is 594 g/mol. The zero-order chi connectivity index (χ0) is 28.5. The van der Waals surface area contributed by atoms with Crippen LogP contribution in [0.25, 0.3) is 0 Å². The molecule has 5 rings (SSSR count). The highest BCUT2D eigenvalue weighted by molar-refractivity contribution is 7.95. The molecule has 0 unspecified atom stereocenters. The van der Waals surface area contributed by atoms with Gasteiger partial charge in [-0.2, -0.15) is 0 Å². The predicted molar refractivity (Wildman–Crippen MR) is 163 cm³/mol. The summed E-state index contributed by atoms with van der Waals surface area (Å²) in [5, 5.41) is 1.96. The van der Waals surface area contributed by atoms with Crippen LogP contribution in [-0.4, -0.2) is 51.6 Å². The van der Waals surface area contributed by atoms with Gasteiger partial charge in [-0.05, 0) is 40.0 Å². The summed E-state index contributed by atoms with van der Waals surface area (Å²) in [6, 6.07) is 28.2. The molecule has 1 saturated heterocycles. The fraction of sp³-hybridized carbons (Fsp3) is 0.344. The lowest BCUT2D eigenvalue weighted by Gasteiger charge is -2.44. The van der Waals surface area contributed by atoms with Crippen LogP contribution in [0.5, 0.6) is 0 Å². The van der Waals surface area contributed by atoms with Gasteiger partial charge in [0.05, 0.1) is 21.9 Å². The minimum Gasteiger partial charge on any atom is -0.401 e. The average Bonchev–Trinajstić information content (AvgIpc) is 3.55. The number of carbonyl (C=O) groups is 1. The Morgan fingerprint density at radius 3 is 1.93 bits per heavy atom. The minimum absolute atomic E-state index is 0.0593. The van der Waals surface area contributed by atoms with Crippen LogP contribution in [0, 0.1) is 0 Å². The van der Waals surface area contributed by atoms with Crippen molar-refractivity contribution in [1.29, 1.82) is 0 Å². The Kier molecular flexibility index (Phi) is 8.12. The molecule has 1 heterocycles. The molecule has 3 aromatic rings. The molecule has 0 aromatic heterocycles. The molecule has 1 aliphatic heterocycles. The molecule has 3 atom stereocenters. The lowest BCUT2D eigenvalue weighted by molar-refractivity contribution is -0.130. The molecule has 0 N–H and O–H groups in total. The van der Waals surface area contributed by atoms with Crippen molar-refractivity contribution in [2.75, 3.05) is 5.88 Å². The van der Waals surface area contributed by atoms with Crippen LogP contribution >= 0.6 is 11.6 Å². The highest BCUT2D eigenvalue weighted by Gasteiger charge is 2.53. The molecule has 8 heteroatoms. The van der Waals surface area contributed by atoms with E-state index in [9.17, 15) is 13.2 Å². The fourth-order valence-corrected chi connectivity index (χ4v) is 12.9. The number of halogens is 1. The first kappa shape index (κ1) is 28.8. The van der Waals surface area contributed by atoms with E-state index in [4.69, 9.17) is 16.0 Å². The van der Waals surface area contributed by atoms with Gasteiger partial charge in [-0.1, -0.05) is 99.6 Å². The summed E-state index contributed by atoms with van der Waals surface area (Å²) in [5.41, 5.74) is 0. The molecule has 1 aliphatic carbocycles. The summed E-state index contributed by atoms with van der Waals surface area (Å²) in [7, 11) is -6.84. The Balaban J connectivity index is 1.65. The maximum atomic E-state index is 14.1. The maximum absolute atomic E-state index is 14.1. The van der Waals surface area contributed by atoms with Crippen molar-refractivity contribution in [3.63, 3.8) is 0 Å². The summed E-state index contributed by atoms with van der Waals surface area (Å²) >= 11 is 6.30. The van der Waals surface area contributed by atoms with Gasteiger partial charge in [0.15, 0.2) is 0 Å². The maximum Gasteiger partial charge on any atom is 0.261 e. The first-order valence-electron chi connectivity index (χ1n) is 13.8. The Bertz CT molecular complexity index is 1430. The predicted octanol–water partition coefficient (Wildman–Crippen LogP) is 5.29. The largest absolute Gasteiger partial charge is 0.401 e. The van der Waals surface area contributed by atoms with Gasteiger partial charge < -0.3 is 9.33 Å². The quantitative estimate of drug-likeness (QED) is 0.263. The number of rotatable bonds is 8. The van der Waals surface area contributed by atoms with Gasteiger partial charge in [0, 0.05) is 24.8 Å². The van der Waals surface area contributed by atoms with E-state index in [0.29, 0.717) is 19.3 Å². The standard InChI is InChI=1S/C32H36ClNO4SSi/c1-32(2,3)40(27-15-9-5-10-16-27,28-17-11-6-12-18-28)38-25-21-29(34-24(23-33)19-20-31(34)35)30(22-25)39(36,37)26-13-7-4-8-14-26/h4-18,22,24-25,29H,19-21,23H2,1-3H3/t24-,25+,29-/m0/s1.